The van der Waals surface area contributed by atoms with E-state index in [1.807, 2.05) is 48.5 Å². The van der Waals surface area contributed by atoms with Crippen LogP contribution in [0, 0.1) is 0 Å². The number of carbonyl (C=O) groups is 2. The van der Waals surface area contributed by atoms with Gasteiger partial charge in [-0.2, -0.15) is 0 Å². The van der Waals surface area contributed by atoms with Crippen molar-refractivity contribution in [3.05, 3.63) is 76.6 Å². The molecule has 1 aliphatic carbocycles. The van der Waals surface area contributed by atoms with Crippen molar-refractivity contribution in [2.24, 2.45) is 0 Å². The number of nitrogens with one attached hydrogen (secondary N) is 1. The molecular weight excluding hydrogens is 412 g/mol. The lowest BCUT2D eigenvalue weighted by Crippen LogP contribution is -2.37. The minimum atomic E-state index is -0.541. The molecule has 1 fully saturated rings. The Labute approximate surface area is 185 Å². The molecule has 1 saturated carbocycles. The maximum atomic E-state index is 13.7. The number of halogens is 1. The number of aromatic nitrogens is 1. The molecule has 2 heterocycles. The number of amides is 1. The van der Waals surface area contributed by atoms with Gasteiger partial charge in [0.25, 0.3) is 0 Å². The minimum absolute atomic E-state index is 0.0195. The van der Waals surface area contributed by atoms with Gasteiger partial charge in [-0.25, -0.2) is 4.79 Å². The molecule has 1 amide bonds. The van der Waals surface area contributed by atoms with E-state index >= 15 is 0 Å². The zero-order valence-electron chi connectivity index (χ0n) is 17.3. The highest BCUT2D eigenvalue weighted by molar-refractivity contribution is 6.30. The van der Waals surface area contributed by atoms with Crippen molar-refractivity contribution in [3.8, 4) is 0 Å². The summed E-state index contributed by atoms with van der Waals surface area (Å²) in [6.45, 7) is 2.56. The van der Waals surface area contributed by atoms with E-state index in [0.29, 0.717) is 23.6 Å². The van der Waals surface area contributed by atoms with Crippen molar-refractivity contribution < 1.29 is 14.3 Å². The van der Waals surface area contributed by atoms with Gasteiger partial charge >= 0.3 is 5.97 Å². The van der Waals surface area contributed by atoms with Crippen LogP contribution in [0.25, 0.3) is 16.5 Å². The molecule has 0 atom stereocenters. The van der Waals surface area contributed by atoms with Gasteiger partial charge in [-0.05, 0) is 55.5 Å². The summed E-state index contributed by atoms with van der Waals surface area (Å²) in [5.41, 5.74) is 3.59. The number of nitrogens with zero attached hydrogens (tertiary/aromatic N) is 1. The number of carbonyl (C=O) groups excluding carboxylic acids is 2. The van der Waals surface area contributed by atoms with E-state index in [1.165, 1.54) is 0 Å². The molecule has 1 aromatic heterocycles. The number of fused-ring (bicyclic) bond motifs is 3. The molecule has 0 radical (unpaired) electrons. The van der Waals surface area contributed by atoms with Gasteiger partial charge in [0.1, 0.15) is 0 Å². The first-order valence-electron chi connectivity index (χ1n) is 10.6. The molecule has 0 bridgehead atoms. The number of H-pyrrole nitrogens is 1. The Morgan fingerprint density at radius 3 is 2.58 bits per heavy atom. The van der Waals surface area contributed by atoms with Crippen molar-refractivity contribution in [1.29, 1.82) is 0 Å². The average molecular weight is 435 g/mol. The van der Waals surface area contributed by atoms with Crippen LogP contribution in [0.1, 0.15) is 36.6 Å². The van der Waals surface area contributed by atoms with Crippen LogP contribution in [0.5, 0.6) is 0 Å². The fourth-order valence-electron chi connectivity index (χ4n) is 4.53. The van der Waals surface area contributed by atoms with Crippen LogP contribution in [-0.2, 0) is 26.2 Å². The second kappa shape index (κ2) is 7.57. The third-order valence-electron chi connectivity index (χ3n) is 6.28. The Bertz CT molecular complexity index is 1210. The molecular formula is C25H23ClN2O3. The van der Waals surface area contributed by atoms with E-state index in [1.54, 1.807) is 18.0 Å². The maximum absolute atomic E-state index is 13.7. The van der Waals surface area contributed by atoms with E-state index in [9.17, 15) is 9.59 Å². The third-order valence-corrected chi connectivity index (χ3v) is 6.53. The second-order valence-electron chi connectivity index (χ2n) is 8.12. The van der Waals surface area contributed by atoms with Crippen molar-refractivity contribution in [2.75, 3.05) is 13.2 Å². The predicted molar refractivity (Wildman–Crippen MR) is 121 cm³/mol. The lowest BCUT2D eigenvalue weighted by molar-refractivity contribution is -0.136. The van der Waals surface area contributed by atoms with Crippen LogP contribution < -0.4 is 0 Å². The summed E-state index contributed by atoms with van der Waals surface area (Å²) in [5, 5.41) is 1.72. The van der Waals surface area contributed by atoms with Crippen LogP contribution in [0.4, 0.5) is 0 Å². The molecule has 5 nitrogen and oxygen atoms in total. The first kappa shape index (κ1) is 19.9. The van der Waals surface area contributed by atoms with Gasteiger partial charge in [0.2, 0.25) is 5.91 Å². The zero-order chi connectivity index (χ0) is 21.6. The summed E-state index contributed by atoms with van der Waals surface area (Å²) >= 11 is 6.04. The van der Waals surface area contributed by atoms with E-state index in [2.05, 4.69) is 4.98 Å². The number of aromatic amines is 1. The standard InChI is InChI=1S/C25H23ClN2O3/c1-2-31-23(29)20-15-28(14-11-19-18-5-3-4-6-21(18)27-22(19)20)24(30)25(12-13-25)16-7-9-17(26)10-8-16/h3-10,15,27H,2,11-14H2,1H3. The first-order chi connectivity index (χ1) is 15.0. The summed E-state index contributed by atoms with van der Waals surface area (Å²) in [5.74, 6) is -0.405. The third kappa shape index (κ3) is 3.33. The Morgan fingerprint density at radius 2 is 1.87 bits per heavy atom. The number of para-hydroxylation sites is 1. The molecule has 31 heavy (non-hydrogen) atoms. The van der Waals surface area contributed by atoms with Gasteiger partial charge in [-0.3, -0.25) is 4.79 Å². The molecule has 0 unspecified atom stereocenters. The van der Waals surface area contributed by atoms with E-state index in [0.717, 1.165) is 40.6 Å². The van der Waals surface area contributed by atoms with Crippen LogP contribution in [0.2, 0.25) is 5.02 Å². The Balaban J connectivity index is 1.56. The summed E-state index contributed by atoms with van der Waals surface area (Å²) in [6, 6.07) is 15.5. The van der Waals surface area contributed by atoms with Gasteiger partial charge in [0.05, 0.1) is 23.3 Å². The van der Waals surface area contributed by atoms with Crippen LogP contribution >= 0.6 is 11.6 Å². The van der Waals surface area contributed by atoms with Crippen molar-refractivity contribution in [3.63, 3.8) is 0 Å². The van der Waals surface area contributed by atoms with Crippen molar-refractivity contribution in [2.45, 2.75) is 31.6 Å². The number of benzene rings is 2. The highest BCUT2D eigenvalue weighted by atomic mass is 35.5. The molecule has 6 heteroatoms. The Morgan fingerprint density at radius 1 is 1.13 bits per heavy atom. The van der Waals surface area contributed by atoms with Gasteiger partial charge in [-0.15, -0.1) is 0 Å². The summed E-state index contributed by atoms with van der Waals surface area (Å²) < 4.78 is 5.34. The molecule has 1 aliphatic heterocycles. The minimum Gasteiger partial charge on any atom is -0.462 e. The fraction of sp³-hybridized carbons (Fsp3) is 0.280. The van der Waals surface area contributed by atoms with Gasteiger partial charge < -0.3 is 14.6 Å². The van der Waals surface area contributed by atoms with Crippen LogP contribution in [0.15, 0.2) is 54.7 Å². The highest BCUT2D eigenvalue weighted by Gasteiger charge is 2.53. The molecule has 158 valence electrons. The maximum Gasteiger partial charge on any atom is 0.341 e. The lowest BCUT2D eigenvalue weighted by Gasteiger charge is -2.24. The Hall–Kier alpha value is -3.05. The number of ether oxygens (including phenoxy) is 1. The number of hydrogen-bond acceptors (Lipinski definition) is 3. The van der Waals surface area contributed by atoms with Gasteiger partial charge in [0.15, 0.2) is 0 Å². The van der Waals surface area contributed by atoms with Crippen molar-refractivity contribution in [1.82, 2.24) is 9.88 Å². The Kier molecular flexibility index (Phi) is 4.86. The smallest absolute Gasteiger partial charge is 0.341 e. The molecule has 0 spiro atoms. The predicted octanol–water partition coefficient (Wildman–Crippen LogP) is 4.84. The van der Waals surface area contributed by atoms with E-state index < -0.39 is 11.4 Å². The molecule has 1 N–H and O–H groups in total. The van der Waals surface area contributed by atoms with E-state index in [4.69, 9.17) is 16.3 Å². The number of hydrogen-bond donors (Lipinski definition) is 1. The number of esters is 1. The monoisotopic (exact) mass is 434 g/mol. The SMILES string of the molecule is CCOC(=O)C1=CN(C(=O)C2(c3ccc(Cl)cc3)CC2)CCc2c1[nH]c1ccccc21. The highest BCUT2D eigenvalue weighted by Crippen LogP contribution is 2.50. The number of rotatable bonds is 4. The average Bonchev–Trinajstić information content (AvgIpc) is 3.54. The van der Waals surface area contributed by atoms with Crippen LogP contribution in [-0.4, -0.2) is 34.9 Å². The fourth-order valence-corrected chi connectivity index (χ4v) is 4.65. The second-order valence-corrected chi connectivity index (χ2v) is 8.56. The van der Waals surface area contributed by atoms with Gasteiger partial charge in [-0.1, -0.05) is 41.9 Å². The molecule has 5 rings (SSSR count). The van der Waals surface area contributed by atoms with Crippen molar-refractivity contribution >= 4 is 40.0 Å². The molecule has 2 aliphatic rings. The quantitative estimate of drug-likeness (QED) is 0.597. The van der Waals surface area contributed by atoms with Crippen LogP contribution in [0.3, 0.4) is 0 Å². The normalized spacial score (nSPS) is 17.0. The molecule has 2 aromatic carbocycles. The zero-order valence-corrected chi connectivity index (χ0v) is 18.0. The topological polar surface area (TPSA) is 62.4 Å². The molecule has 3 aromatic rings. The summed E-state index contributed by atoms with van der Waals surface area (Å²) in [6.07, 6.45) is 3.92. The van der Waals surface area contributed by atoms with E-state index in [-0.39, 0.29) is 12.5 Å². The van der Waals surface area contributed by atoms with Gasteiger partial charge in [0, 0.05) is 28.7 Å². The largest absolute Gasteiger partial charge is 0.462 e. The first-order valence-corrected chi connectivity index (χ1v) is 11.0. The lowest BCUT2D eigenvalue weighted by atomic mass is 9.94. The summed E-state index contributed by atoms with van der Waals surface area (Å²) in [4.78, 5) is 31.6. The summed E-state index contributed by atoms with van der Waals surface area (Å²) in [7, 11) is 0. The molecule has 0 saturated heterocycles.